The molecule has 7 heteroatoms. The molecular weight excluding hydrogens is 406 g/mol. The molecule has 1 amide bonds. The van der Waals surface area contributed by atoms with Crippen molar-refractivity contribution in [2.75, 3.05) is 0 Å². The fourth-order valence-electron chi connectivity index (χ4n) is 4.07. The van der Waals surface area contributed by atoms with Crippen LogP contribution in [0, 0.1) is 6.92 Å². The number of carboxylic acids is 1. The molecule has 0 saturated heterocycles. The summed E-state index contributed by atoms with van der Waals surface area (Å²) in [5.41, 5.74) is 5.43. The summed E-state index contributed by atoms with van der Waals surface area (Å²) < 4.78 is 7.44. The van der Waals surface area contributed by atoms with Crippen LogP contribution in [-0.4, -0.2) is 27.8 Å². The van der Waals surface area contributed by atoms with E-state index in [9.17, 15) is 14.7 Å². The van der Waals surface area contributed by atoms with Crippen molar-refractivity contribution in [2.45, 2.75) is 13.5 Å². The topological polar surface area (TPSA) is 96.8 Å². The number of fused-ring (bicyclic) bond motifs is 4. The van der Waals surface area contributed by atoms with Gasteiger partial charge >= 0.3 is 11.9 Å². The summed E-state index contributed by atoms with van der Waals surface area (Å²) in [6, 6.07) is 20.9. The van der Waals surface area contributed by atoms with Gasteiger partial charge in [0.15, 0.2) is 5.76 Å². The van der Waals surface area contributed by atoms with E-state index in [4.69, 9.17) is 4.42 Å². The number of benzene rings is 3. The minimum Gasteiger partial charge on any atom is -0.480 e. The maximum atomic E-state index is 12.6. The third-order valence-electron chi connectivity index (χ3n) is 5.58. The number of carbonyl (C=O) groups is 2. The Morgan fingerprint density at radius 2 is 1.78 bits per heavy atom. The van der Waals surface area contributed by atoms with Crippen LogP contribution in [0.5, 0.6) is 0 Å². The summed E-state index contributed by atoms with van der Waals surface area (Å²) in [6.07, 6.45) is 1.53. The molecule has 2 heterocycles. The van der Waals surface area contributed by atoms with Gasteiger partial charge in [0.2, 0.25) is 0 Å². The second kappa shape index (κ2) is 7.70. The van der Waals surface area contributed by atoms with E-state index in [0.717, 1.165) is 38.3 Å². The predicted octanol–water partition coefficient (Wildman–Crippen LogP) is 4.70. The van der Waals surface area contributed by atoms with Crippen molar-refractivity contribution in [2.24, 2.45) is 5.10 Å². The first kappa shape index (κ1) is 19.6. The van der Waals surface area contributed by atoms with E-state index in [-0.39, 0.29) is 12.3 Å². The third kappa shape index (κ3) is 3.30. The fourth-order valence-corrected chi connectivity index (χ4v) is 4.07. The Morgan fingerprint density at radius 3 is 2.59 bits per heavy atom. The summed E-state index contributed by atoms with van der Waals surface area (Å²) in [6.45, 7) is 1.68. The van der Waals surface area contributed by atoms with Gasteiger partial charge in [-0.05, 0) is 35.9 Å². The monoisotopic (exact) mass is 425 g/mol. The minimum atomic E-state index is -0.928. The molecule has 158 valence electrons. The number of hydrogen-bond acceptors (Lipinski definition) is 4. The standard InChI is InChI=1S/C25H19N3O4/c1-15-20(18-8-4-5-9-21(18)28(15)14-24(29)30)13-26-27-25(31)23-12-19-17-7-3-2-6-16(17)10-11-22(19)32-23/h2-13H,14H2,1H3,(H,27,31)(H,29,30)/b26-13+. The van der Waals surface area contributed by atoms with Crippen molar-refractivity contribution in [1.29, 1.82) is 0 Å². The smallest absolute Gasteiger partial charge is 0.323 e. The Labute approximate surface area is 182 Å². The lowest BCUT2D eigenvalue weighted by molar-refractivity contribution is -0.137. The van der Waals surface area contributed by atoms with Crippen molar-refractivity contribution in [3.8, 4) is 0 Å². The molecule has 0 aliphatic heterocycles. The van der Waals surface area contributed by atoms with Crippen molar-refractivity contribution in [3.05, 3.63) is 83.7 Å². The zero-order valence-corrected chi connectivity index (χ0v) is 17.2. The number of carbonyl (C=O) groups excluding carboxylic acids is 1. The van der Waals surface area contributed by atoms with Gasteiger partial charge in [-0.2, -0.15) is 5.10 Å². The van der Waals surface area contributed by atoms with Crippen molar-refractivity contribution in [1.82, 2.24) is 9.99 Å². The normalized spacial score (nSPS) is 11.7. The summed E-state index contributed by atoms with van der Waals surface area (Å²) in [5, 5.41) is 17.2. The number of hydrazone groups is 1. The highest BCUT2D eigenvalue weighted by Crippen LogP contribution is 2.28. The average Bonchev–Trinajstić information content (AvgIpc) is 3.34. The van der Waals surface area contributed by atoms with E-state index in [1.54, 1.807) is 10.6 Å². The van der Waals surface area contributed by atoms with E-state index in [1.807, 2.05) is 67.6 Å². The molecule has 0 fully saturated rings. The van der Waals surface area contributed by atoms with Gasteiger partial charge in [0.05, 0.1) is 6.21 Å². The van der Waals surface area contributed by atoms with Gasteiger partial charge in [-0.15, -0.1) is 0 Å². The highest BCUT2D eigenvalue weighted by Gasteiger charge is 2.16. The summed E-state index contributed by atoms with van der Waals surface area (Å²) >= 11 is 0. The van der Waals surface area contributed by atoms with Gasteiger partial charge in [0.25, 0.3) is 0 Å². The molecule has 5 rings (SSSR count). The van der Waals surface area contributed by atoms with E-state index in [1.165, 1.54) is 6.21 Å². The molecule has 5 aromatic rings. The largest absolute Gasteiger partial charge is 0.480 e. The summed E-state index contributed by atoms with van der Waals surface area (Å²) in [4.78, 5) is 23.9. The molecule has 0 spiro atoms. The number of aliphatic carboxylic acids is 1. The molecule has 0 saturated carbocycles. The maximum Gasteiger partial charge on any atom is 0.323 e. The number of nitrogens with zero attached hydrogens (tertiary/aromatic N) is 2. The van der Waals surface area contributed by atoms with Crippen molar-refractivity contribution < 1.29 is 19.1 Å². The van der Waals surface area contributed by atoms with Crippen LogP contribution in [0.25, 0.3) is 32.6 Å². The molecule has 3 aromatic carbocycles. The Bertz CT molecular complexity index is 1540. The zero-order valence-electron chi connectivity index (χ0n) is 17.2. The lowest BCUT2D eigenvalue weighted by Gasteiger charge is -2.04. The number of nitrogens with one attached hydrogen (secondary N) is 1. The van der Waals surface area contributed by atoms with Crippen molar-refractivity contribution in [3.63, 3.8) is 0 Å². The Kier molecular flexibility index (Phi) is 4.71. The Hall–Kier alpha value is -4.39. The minimum absolute atomic E-state index is 0.153. The molecule has 0 atom stereocenters. The predicted molar refractivity (Wildman–Crippen MR) is 123 cm³/mol. The lowest BCUT2D eigenvalue weighted by Crippen LogP contribution is -2.16. The average molecular weight is 425 g/mol. The van der Waals surface area contributed by atoms with E-state index in [0.29, 0.717) is 5.58 Å². The third-order valence-corrected chi connectivity index (χ3v) is 5.58. The van der Waals surface area contributed by atoms with Gasteiger partial charge in [-0.3, -0.25) is 9.59 Å². The number of carboxylic acid groups (broad SMARTS) is 1. The second-order valence-corrected chi connectivity index (χ2v) is 7.50. The first-order valence-electron chi connectivity index (χ1n) is 10.1. The molecule has 7 nitrogen and oxygen atoms in total. The molecule has 32 heavy (non-hydrogen) atoms. The summed E-state index contributed by atoms with van der Waals surface area (Å²) in [7, 11) is 0. The van der Waals surface area contributed by atoms with Crippen molar-refractivity contribution >= 4 is 50.7 Å². The van der Waals surface area contributed by atoms with E-state index >= 15 is 0 Å². The number of furan rings is 1. The van der Waals surface area contributed by atoms with Crippen LogP contribution in [0.15, 0.2) is 76.2 Å². The number of para-hydroxylation sites is 1. The molecule has 2 N–H and O–H groups in total. The molecule has 0 radical (unpaired) electrons. The van der Waals surface area contributed by atoms with Gasteiger partial charge in [0.1, 0.15) is 12.1 Å². The molecule has 0 unspecified atom stereocenters. The number of aromatic nitrogens is 1. The molecular formula is C25H19N3O4. The van der Waals surface area contributed by atoms with E-state index in [2.05, 4.69) is 10.5 Å². The lowest BCUT2D eigenvalue weighted by atomic mass is 10.1. The van der Waals surface area contributed by atoms with Gasteiger partial charge in [0, 0.05) is 27.5 Å². The first-order valence-corrected chi connectivity index (χ1v) is 10.1. The summed E-state index contributed by atoms with van der Waals surface area (Å²) in [5.74, 6) is -1.23. The van der Waals surface area contributed by atoms with Crippen LogP contribution >= 0.6 is 0 Å². The number of hydrogen-bond donors (Lipinski definition) is 2. The van der Waals surface area contributed by atoms with Gasteiger partial charge in [-0.1, -0.05) is 48.5 Å². The molecule has 2 aromatic heterocycles. The SMILES string of the molecule is Cc1c(/C=N/NC(=O)c2cc3c(ccc4ccccc43)o2)c2ccccc2n1CC(=O)O. The quantitative estimate of drug-likeness (QED) is 0.315. The highest BCUT2D eigenvalue weighted by atomic mass is 16.4. The number of amides is 1. The Morgan fingerprint density at radius 1 is 1.03 bits per heavy atom. The van der Waals surface area contributed by atoms with Crippen LogP contribution in [0.3, 0.4) is 0 Å². The Balaban J connectivity index is 1.44. The van der Waals surface area contributed by atoms with E-state index < -0.39 is 11.9 Å². The number of rotatable bonds is 5. The van der Waals surface area contributed by atoms with Crippen LogP contribution in [0.4, 0.5) is 0 Å². The van der Waals surface area contributed by atoms with Crippen LogP contribution in [-0.2, 0) is 11.3 Å². The maximum absolute atomic E-state index is 12.6. The van der Waals surface area contributed by atoms with Crippen LogP contribution in [0.1, 0.15) is 21.8 Å². The molecule has 0 aliphatic rings. The van der Waals surface area contributed by atoms with Crippen LogP contribution in [0.2, 0.25) is 0 Å². The highest BCUT2D eigenvalue weighted by molar-refractivity contribution is 6.08. The van der Waals surface area contributed by atoms with Gasteiger partial charge in [-0.25, -0.2) is 5.43 Å². The first-order chi connectivity index (χ1) is 15.5. The van der Waals surface area contributed by atoms with Gasteiger partial charge < -0.3 is 14.1 Å². The van der Waals surface area contributed by atoms with Crippen LogP contribution < -0.4 is 5.43 Å². The second-order valence-electron chi connectivity index (χ2n) is 7.50. The zero-order chi connectivity index (χ0) is 22.2. The molecule has 0 aliphatic carbocycles. The fraction of sp³-hybridized carbons (Fsp3) is 0.0800. The molecule has 0 bridgehead atoms.